The average molecular weight is 191 g/mol. The number of carbonyl (C=O) groups excluding carboxylic acids is 1. The largest absolute Gasteiger partial charge is 0.394 e. The Hall–Kier alpha value is -0.650. The third-order valence-electron chi connectivity index (χ3n) is 1.72. The number of aliphatic hydroxyl groups excluding tert-OH is 2. The molecule has 0 spiro atoms. The Morgan fingerprint density at radius 3 is 2.69 bits per heavy atom. The van der Waals surface area contributed by atoms with Crippen LogP contribution in [-0.2, 0) is 9.63 Å². The highest BCUT2D eigenvalue weighted by molar-refractivity contribution is 5.77. The molecule has 5 heteroatoms. The Bertz CT molecular complexity index is 151. The molecule has 0 rings (SSSR count). The zero-order valence-electron chi connectivity index (χ0n) is 7.99. The van der Waals surface area contributed by atoms with Crippen molar-refractivity contribution in [1.29, 1.82) is 0 Å². The summed E-state index contributed by atoms with van der Waals surface area (Å²) >= 11 is 0. The predicted molar refractivity (Wildman–Crippen MR) is 46.6 cm³/mol. The van der Waals surface area contributed by atoms with Gasteiger partial charge in [0.25, 0.3) is 0 Å². The van der Waals surface area contributed by atoms with Gasteiger partial charge in [0.2, 0.25) is 5.91 Å². The van der Waals surface area contributed by atoms with Crippen molar-refractivity contribution < 1.29 is 19.8 Å². The second-order valence-corrected chi connectivity index (χ2v) is 2.92. The number of hydrogen-bond acceptors (Lipinski definition) is 4. The standard InChI is InChI=1S/C8H17NO4/c1-3-6(2)8(12)9-13-5-7(11)4-10/h6-7,10-11H,3-5H2,1-2H3,(H,9,12)/t6-,7?/m0/s1. The molecule has 0 aromatic carbocycles. The quantitative estimate of drug-likeness (QED) is 0.491. The van der Waals surface area contributed by atoms with Gasteiger partial charge in [-0.05, 0) is 6.42 Å². The van der Waals surface area contributed by atoms with E-state index in [-0.39, 0.29) is 25.0 Å². The smallest absolute Gasteiger partial charge is 0.246 e. The first-order chi connectivity index (χ1) is 6.11. The molecular formula is C8H17NO4. The summed E-state index contributed by atoms with van der Waals surface area (Å²) in [5.41, 5.74) is 2.19. The fourth-order valence-electron chi connectivity index (χ4n) is 0.548. The summed E-state index contributed by atoms with van der Waals surface area (Å²) in [6, 6.07) is 0. The maximum absolute atomic E-state index is 11.1. The fraction of sp³-hybridized carbons (Fsp3) is 0.875. The van der Waals surface area contributed by atoms with Crippen LogP contribution in [0.5, 0.6) is 0 Å². The van der Waals surface area contributed by atoms with E-state index in [1.54, 1.807) is 6.92 Å². The minimum atomic E-state index is -0.947. The lowest BCUT2D eigenvalue weighted by atomic mass is 10.1. The normalized spacial score (nSPS) is 15.1. The summed E-state index contributed by atoms with van der Waals surface area (Å²) in [5.74, 6) is -0.320. The summed E-state index contributed by atoms with van der Waals surface area (Å²) in [7, 11) is 0. The van der Waals surface area contributed by atoms with Crippen molar-refractivity contribution in [3.8, 4) is 0 Å². The van der Waals surface area contributed by atoms with E-state index >= 15 is 0 Å². The van der Waals surface area contributed by atoms with Crippen LogP contribution in [0, 0.1) is 5.92 Å². The molecule has 78 valence electrons. The van der Waals surface area contributed by atoms with Crippen LogP contribution >= 0.6 is 0 Å². The van der Waals surface area contributed by atoms with Gasteiger partial charge in [-0.3, -0.25) is 9.63 Å². The van der Waals surface area contributed by atoms with Gasteiger partial charge >= 0.3 is 0 Å². The number of amides is 1. The molecule has 0 fully saturated rings. The van der Waals surface area contributed by atoms with Crippen LogP contribution < -0.4 is 5.48 Å². The Labute approximate surface area is 77.7 Å². The maximum Gasteiger partial charge on any atom is 0.246 e. The molecule has 0 aromatic rings. The third-order valence-corrected chi connectivity index (χ3v) is 1.72. The van der Waals surface area contributed by atoms with Gasteiger partial charge in [0, 0.05) is 5.92 Å². The van der Waals surface area contributed by atoms with Crippen LogP contribution in [0.25, 0.3) is 0 Å². The van der Waals surface area contributed by atoms with Gasteiger partial charge in [0.05, 0.1) is 6.61 Å². The van der Waals surface area contributed by atoms with E-state index in [0.717, 1.165) is 6.42 Å². The highest BCUT2D eigenvalue weighted by Crippen LogP contribution is 1.99. The van der Waals surface area contributed by atoms with Gasteiger partial charge in [-0.1, -0.05) is 13.8 Å². The Morgan fingerprint density at radius 2 is 2.23 bits per heavy atom. The fourth-order valence-corrected chi connectivity index (χ4v) is 0.548. The van der Waals surface area contributed by atoms with Crippen LogP contribution in [0.15, 0.2) is 0 Å². The molecule has 0 heterocycles. The summed E-state index contributed by atoms with van der Waals surface area (Å²) in [6.07, 6.45) is -0.213. The van der Waals surface area contributed by atoms with Crippen LogP contribution in [0.2, 0.25) is 0 Å². The molecule has 5 nitrogen and oxygen atoms in total. The Morgan fingerprint density at radius 1 is 1.62 bits per heavy atom. The van der Waals surface area contributed by atoms with Crippen molar-refractivity contribution in [3.05, 3.63) is 0 Å². The van der Waals surface area contributed by atoms with E-state index in [1.807, 2.05) is 6.92 Å². The summed E-state index contributed by atoms with van der Waals surface area (Å²) in [4.78, 5) is 15.7. The number of rotatable bonds is 6. The van der Waals surface area contributed by atoms with Crippen LogP contribution in [0.1, 0.15) is 20.3 Å². The van der Waals surface area contributed by atoms with E-state index < -0.39 is 6.10 Å². The van der Waals surface area contributed by atoms with Crippen LogP contribution in [0.4, 0.5) is 0 Å². The molecule has 0 aliphatic heterocycles. The van der Waals surface area contributed by atoms with Crippen molar-refractivity contribution in [2.45, 2.75) is 26.4 Å². The van der Waals surface area contributed by atoms with E-state index in [1.165, 1.54) is 0 Å². The molecule has 2 atom stereocenters. The lowest BCUT2D eigenvalue weighted by Gasteiger charge is -2.11. The van der Waals surface area contributed by atoms with Gasteiger partial charge in [0.15, 0.2) is 0 Å². The zero-order valence-corrected chi connectivity index (χ0v) is 7.99. The van der Waals surface area contributed by atoms with Crippen LogP contribution in [-0.4, -0.2) is 35.4 Å². The van der Waals surface area contributed by atoms with Gasteiger partial charge in [0.1, 0.15) is 12.7 Å². The van der Waals surface area contributed by atoms with Crippen LogP contribution in [0.3, 0.4) is 0 Å². The number of hydroxylamine groups is 1. The molecular weight excluding hydrogens is 174 g/mol. The van der Waals surface area contributed by atoms with Crippen molar-refractivity contribution >= 4 is 5.91 Å². The summed E-state index contributed by atoms with van der Waals surface area (Å²) in [5, 5.41) is 17.3. The van der Waals surface area contributed by atoms with Crippen molar-refractivity contribution in [3.63, 3.8) is 0 Å². The first kappa shape index (κ1) is 12.3. The molecule has 1 unspecified atom stereocenters. The molecule has 0 saturated heterocycles. The lowest BCUT2D eigenvalue weighted by Crippen LogP contribution is -2.32. The van der Waals surface area contributed by atoms with Gasteiger partial charge in [-0.2, -0.15) is 0 Å². The third kappa shape index (κ3) is 5.57. The molecule has 0 saturated carbocycles. The van der Waals surface area contributed by atoms with E-state index in [9.17, 15) is 4.79 Å². The molecule has 13 heavy (non-hydrogen) atoms. The second kappa shape index (κ2) is 6.82. The molecule has 0 bridgehead atoms. The maximum atomic E-state index is 11.1. The van der Waals surface area contributed by atoms with E-state index in [2.05, 4.69) is 10.3 Å². The van der Waals surface area contributed by atoms with Gasteiger partial charge in [-0.25, -0.2) is 5.48 Å². The monoisotopic (exact) mass is 191 g/mol. The Kier molecular flexibility index (Phi) is 6.48. The van der Waals surface area contributed by atoms with E-state index in [0.29, 0.717) is 0 Å². The SMILES string of the molecule is CC[C@H](C)C(=O)NOCC(O)CO. The predicted octanol–water partition coefficient (Wildman–Crippen LogP) is -0.567. The molecule has 0 aliphatic rings. The number of carbonyl (C=O) groups is 1. The average Bonchev–Trinajstić information content (AvgIpc) is 2.15. The summed E-state index contributed by atoms with van der Waals surface area (Å²) in [6.45, 7) is 3.20. The van der Waals surface area contributed by atoms with Gasteiger partial charge < -0.3 is 10.2 Å². The summed E-state index contributed by atoms with van der Waals surface area (Å²) < 4.78 is 0. The molecule has 0 radical (unpaired) electrons. The minimum Gasteiger partial charge on any atom is -0.394 e. The van der Waals surface area contributed by atoms with Crippen molar-refractivity contribution in [1.82, 2.24) is 5.48 Å². The topological polar surface area (TPSA) is 78.8 Å². The Balaban J connectivity index is 3.47. The second-order valence-electron chi connectivity index (χ2n) is 2.92. The number of hydrogen-bond donors (Lipinski definition) is 3. The number of nitrogens with one attached hydrogen (secondary N) is 1. The first-order valence-electron chi connectivity index (χ1n) is 4.32. The lowest BCUT2D eigenvalue weighted by molar-refractivity contribution is -0.140. The first-order valence-corrected chi connectivity index (χ1v) is 4.32. The zero-order chi connectivity index (χ0) is 10.3. The van der Waals surface area contributed by atoms with E-state index in [4.69, 9.17) is 10.2 Å². The minimum absolute atomic E-state index is 0.0985. The molecule has 0 aliphatic carbocycles. The highest BCUT2D eigenvalue weighted by Gasteiger charge is 2.10. The molecule has 1 amide bonds. The van der Waals surface area contributed by atoms with Crippen molar-refractivity contribution in [2.24, 2.45) is 5.92 Å². The van der Waals surface area contributed by atoms with Gasteiger partial charge in [-0.15, -0.1) is 0 Å². The molecule has 0 aromatic heterocycles. The number of aliphatic hydroxyl groups is 2. The highest BCUT2D eigenvalue weighted by atomic mass is 16.7. The molecule has 3 N–H and O–H groups in total. The van der Waals surface area contributed by atoms with Crippen molar-refractivity contribution in [2.75, 3.05) is 13.2 Å².